The average Bonchev–Trinajstić information content (AvgIpc) is 2.46. The molecule has 0 aliphatic heterocycles. The van der Waals surface area contributed by atoms with Crippen LogP contribution in [0.15, 0.2) is 24.3 Å². The maximum absolute atomic E-state index is 12.2. The lowest BCUT2D eigenvalue weighted by Gasteiger charge is -2.26. The molecule has 2 rings (SSSR count). The van der Waals surface area contributed by atoms with Gasteiger partial charge in [-0.2, -0.15) is 0 Å². The molecule has 1 fully saturated rings. The van der Waals surface area contributed by atoms with E-state index in [0.717, 1.165) is 25.7 Å². The van der Waals surface area contributed by atoms with Gasteiger partial charge in [-0.3, -0.25) is 9.59 Å². The second-order valence-corrected chi connectivity index (χ2v) is 5.87. The van der Waals surface area contributed by atoms with Crippen LogP contribution in [0.3, 0.4) is 0 Å². The Bertz CT molecular complexity index is 513. The molecule has 0 heterocycles. The number of anilines is 1. The lowest BCUT2D eigenvalue weighted by molar-refractivity contribution is -0.123. The Labute approximate surface area is 130 Å². The van der Waals surface area contributed by atoms with Crippen LogP contribution in [0.4, 0.5) is 5.69 Å². The fourth-order valence-corrected chi connectivity index (χ4v) is 2.94. The quantitative estimate of drug-likeness (QED) is 0.929. The van der Waals surface area contributed by atoms with E-state index in [0.29, 0.717) is 10.7 Å². The molecule has 1 aliphatic rings. The summed E-state index contributed by atoms with van der Waals surface area (Å²) in [6.07, 6.45) is 5.61. The fraction of sp³-hybridized carbons (Fsp3) is 0.500. The Balaban J connectivity index is 2.01. The van der Waals surface area contributed by atoms with Crippen LogP contribution < -0.4 is 10.2 Å². The number of amides is 2. The Kier molecular flexibility index (Phi) is 5.62. The van der Waals surface area contributed by atoms with Crippen molar-refractivity contribution in [2.75, 3.05) is 11.4 Å². The normalized spacial score (nSPS) is 15.5. The number of benzene rings is 1. The number of para-hydroxylation sites is 1. The summed E-state index contributed by atoms with van der Waals surface area (Å²) in [7, 11) is 0. The topological polar surface area (TPSA) is 49.4 Å². The maximum atomic E-state index is 12.2. The van der Waals surface area contributed by atoms with Crippen molar-refractivity contribution in [1.82, 2.24) is 5.32 Å². The van der Waals surface area contributed by atoms with Gasteiger partial charge in [-0.15, -0.1) is 0 Å². The first-order chi connectivity index (χ1) is 10.1. The largest absolute Gasteiger partial charge is 0.352 e. The van der Waals surface area contributed by atoms with Gasteiger partial charge in [0.2, 0.25) is 11.8 Å². The first-order valence-corrected chi connectivity index (χ1v) is 7.77. The van der Waals surface area contributed by atoms with E-state index >= 15 is 0 Å². The second kappa shape index (κ2) is 7.46. The smallest absolute Gasteiger partial charge is 0.240 e. The predicted molar refractivity (Wildman–Crippen MR) is 84.5 cm³/mol. The van der Waals surface area contributed by atoms with E-state index in [-0.39, 0.29) is 24.4 Å². The summed E-state index contributed by atoms with van der Waals surface area (Å²) in [5.74, 6) is -0.320. The van der Waals surface area contributed by atoms with Crippen LogP contribution in [0.25, 0.3) is 0 Å². The molecule has 21 heavy (non-hydrogen) atoms. The van der Waals surface area contributed by atoms with Gasteiger partial charge in [0.1, 0.15) is 6.54 Å². The monoisotopic (exact) mass is 308 g/mol. The van der Waals surface area contributed by atoms with E-state index in [2.05, 4.69) is 5.32 Å². The highest BCUT2D eigenvalue weighted by Gasteiger charge is 2.21. The fourth-order valence-electron chi connectivity index (χ4n) is 2.70. The minimum Gasteiger partial charge on any atom is -0.352 e. The highest BCUT2D eigenvalue weighted by atomic mass is 35.5. The third kappa shape index (κ3) is 4.46. The molecule has 2 amide bonds. The van der Waals surface area contributed by atoms with Gasteiger partial charge in [0.05, 0.1) is 10.7 Å². The van der Waals surface area contributed by atoms with Crippen LogP contribution >= 0.6 is 11.6 Å². The van der Waals surface area contributed by atoms with Crippen molar-refractivity contribution in [3.8, 4) is 0 Å². The Morgan fingerprint density at radius 3 is 2.52 bits per heavy atom. The third-order valence-electron chi connectivity index (χ3n) is 3.80. The zero-order chi connectivity index (χ0) is 15.2. The minimum absolute atomic E-state index is 0.00949. The van der Waals surface area contributed by atoms with Crippen LogP contribution in [0.1, 0.15) is 39.0 Å². The average molecular weight is 309 g/mol. The maximum Gasteiger partial charge on any atom is 0.240 e. The van der Waals surface area contributed by atoms with E-state index in [4.69, 9.17) is 11.6 Å². The Hall–Kier alpha value is -1.55. The van der Waals surface area contributed by atoms with Gasteiger partial charge in [-0.05, 0) is 25.0 Å². The molecule has 1 aromatic carbocycles. The number of carbonyl (C=O) groups is 2. The first-order valence-electron chi connectivity index (χ1n) is 7.40. The summed E-state index contributed by atoms with van der Waals surface area (Å²) < 4.78 is 0. The Morgan fingerprint density at radius 2 is 1.90 bits per heavy atom. The van der Waals surface area contributed by atoms with Crippen molar-refractivity contribution in [3.63, 3.8) is 0 Å². The zero-order valence-corrected chi connectivity index (χ0v) is 13.0. The molecule has 0 unspecified atom stereocenters. The number of hydrogen-bond acceptors (Lipinski definition) is 2. The molecule has 114 valence electrons. The van der Waals surface area contributed by atoms with Crippen molar-refractivity contribution in [3.05, 3.63) is 29.3 Å². The molecule has 0 spiro atoms. The molecule has 0 radical (unpaired) electrons. The lowest BCUT2D eigenvalue weighted by Crippen LogP contribution is -2.44. The molecule has 0 aromatic heterocycles. The molecular weight excluding hydrogens is 288 g/mol. The van der Waals surface area contributed by atoms with E-state index < -0.39 is 0 Å². The number of nitrogens with zero attached hydrogens (tertiary/aromatic N) is 1. The number of hydrogen-bond donors (Lipinski definition) is 1. The molecule has 5 heteroatoms. The van der Waals surface area contributed by atoms with E-state index in [9.17, 15) is 9.59 Å². The van der Waals surface area contributed by atoms with Crippen molar-refractivity contribution in [2.24, 2.45) is 0 Å². The van der Waals surface area contributed by atoms with E-state index in [1.54, 1.807) is 24.3 Å². The Morgan fingerprint density at radius 1 is 1.24 bits per heavy atom. The number of rotatable bonds is 4. The molecule has 0 saturated heterocycles. The van der Waals surface area contributed by atoms with Crippen LogP contribution in [-0.2, 0) is 9.59 Å². The van der Waals surface area contributed by atoms with Gasteiger partial charge in [0.25, 0.3) is 0 Å². The second-order valence-electron chi connectivity index (χ2n) is 5.46. The molecule has 0 atom stereocenters. The molecule has 1 aromatic rings. The molecule has 0 bridgehead atoms. The molecule has 1 N–H and O–H groups in total. The summed E-state index contributed by atoms with van der Waals surface area (Å²) in [6.45, 7) is 1.45. The SMILES string of the molecule is CC(=O)N(CC(=O)NC1CCCCC1)c1ccccc1Cl. The number of nitrogens with one attached hydrogen (secondary N) is 1. The van der Waals surface area contributed by atoms with E-state index in [1.165, 1.54) is 18.2 Å². The molecular formula is C16H21ClN2O2. The molecule has 4 nitrogen and oxygen atoms in total. The van der Waals surface area contributed by atoms with Crippen molar-refractivity contribution in [1.29, 1.82) is 0 Å². The van der Waals surface area contributed by atoms with E-state index in [1.807, 2.05) is 0 Å². The lowest BCUT2D eigenvalue weighted by atomic mass is 9.95. The van der Waals surface area contributed by atoms with Gasteiger partial charge in [-0.25, -0.2) is 0 Å². The number of carbonyl (C=O) groups excluding carboxylic acids is 2. The summed E-state index contributed by atoms with van der Waals surface area (Å²) in [6, 6.07) is 7.30. The van der Waals surface area contributed by atoms with Crippen molar-refractivity contribution < 1.29 is 9.59 Å². The molecule has 1 saturated carbocycles. The summed E-state index contributed by atoms with van der Waals surface area (Å²) in [5, 5.41) is 3.49. The van der Waals surface area contributed by atoms with Crippen LogP contribution in [0.2, 0.25) is 5.02 Å². The van der Waals surface area contributed by atoms with Crippen LogP contribution in [-0.4, -0.2) is 24.4 Å². The van der Waals surface area contributed by atoms with Crippen LogP contribution in [0.5, 0.6) is 0 Å². The van der Waals surface area contributed by atoms with Gasteiger partial charge < -0.3 is 10.2 Å². The van der Waals surface area contributed by atoms with Crippen LogP contribution in [0, 0.1) is 0 Å². The minimum atomic E-state index is -0.193. The van der Waals surface area contributed by atoms with Gasteiger partial charge in [0, 0.05) is 13.0 Å². The highest BCUT2D eigenvalue weighted by Crippen LogP contribution is 2.25. The molecule has 1 aliphatic carbocycles. The third-order valence-corrected chi connectivity index (χ3v) is 4.11. The van der Waals surface area contributed by atoms with Crippen molar-refractivity contribution >= 4 is 29.1 Å². The number of halogens is 1. The summed E-state index contributed by atoms with van der Waals surface area (Å²) in [5.41, 5.74) is 0.575. The summed E-state index contributed by atoms with van der Waals surface area (Å²) in [4.78, 5) is 25.4. The standard InChI is InChI=1S/C16H21ClN2O2/c1-12(20)19(15-10-6-5-9-14(15)17)11-16(21)18-13-7-3-2-4-8-13/h5-6,9-10,13H,2-4,7-8,11H2,1H3,(H,18,21). The van der Waals surface area contributed by atoms with Gasteiger partial charge in [-0.1, -0.05) is 43.0 Å². The first kappa shape index (κ1) is 15.8. The van der Waals surface area contributed by atoms with Gasteiger partial charge in [0.15, 0.2) is 0 Å². The summed E-state index contributed by atoms with van der Waals surface area (Å²) >= 11 is 6.11. The zero-order valence-electron chi connectivity index (χ0n) is 12.3. The predicted octanol–water partition coefficient (Wildman–Crippen LogP) is 3.14. The highest BCUT2D eigenvalue weighted by molar-refractivity contribution is 6.33. The van der Waals surface area contributed by atoms with Gasteiger partial charge >= 0.3 is 0 Å². The van der Waals surface area contributed by atoms with Crippen molar-refractivity contribution in [2.45, 2.75) is 45.1 Å².